The van der Waals surface area contributed by atoms with E-state index < -0.39 is 6.10 Å². The maximum Gasteiger partial charge on any atom is 0.276 e. The van der Waals surface area contributed by atoms with Crippen molar-refractivity contribution in [1.29, 1.82) is 0 Å². The predicted octanol–water partition coefficient (Wildman–Crippen LogP) is 3.76. The van der Waals surface area contributed by atoms with Crippen molar-refractivity contribution in [2.45, 2.75) is 11.3 Å². The Bertz CT molecular complexity index is 715. The van der Waals surface area contributed by atoms with Crippen LogP contribution >= 0.6 is 23.1 Å². The zero-order valence-electron chi connectivity index (χ0n) is 10.8. The molecule has 1 aromatic carbocycles. The zero-order valence-corrected chi connectivity index (χ0v) is 12.4. The van der Waals surface area contributed by atoms with Gasteiger partial charge in [0.15, 0.2) is 0 Å². The zero-order chi connectivity index (χ0) is 14.7. The minimum Gasteiger partial charge on any atom is -0.410 e. The van der Waals surface area contributed by atoms with Crippen LogP contribution < -0.4 is 0 Å². The lowest BCUT2D eigenvalue weighted by Gasteiger charge is -2.08. The van der Waals surface area contributed by atoms with Gasteiger partial charge >= 0.3 is 0 Å². The van der Waals surface area contributed by atoms with Gasteiger partial charge in [0.05, 0.1) is 11.0 Å². The highest BCUT2D eigenvalue weighted by atomic mass is 32.2. The summed E-state index contributed by atoms with van der Waals surface area (Å²) in [6.45, 7) is 0. The lowest BCUT2D eigenvalue weighted by atomic mass is 10.1. The maximum atomic E-state index is 13.1. The van der Waals surface area contributed by atoms with Crippen molar-refractivity contribution in [3.8, 4) is 10.8 Å². The van der Waals surface area contributed by atoms with Crippen molar-refractivity contribution >= 4 is 23.1 Å². The molecular weight excluding hydrogens is 311 g/mol. The minimum atomic E-state index is -0.789. The van der Waals surface area contributed by atoms with Crippen molar-refractivity contribution in [1.82, 2.24) is 10.2 Å². The standard InChI is InChI=1S/C14H11FN2O2S2/c15-10-4-1-3-9(7-10)11(18)8-21-14-17-16-13(19-14)12-5-2-6-20-12/h1-7,11,18H,8H2. The molecule has 0 aliphatic heterocycles. The van der Waals surface area contributed by atoms with E-state index in [9.17, 15) is 9.50 Å². The third kappa shape index (κ3) is 3.49. The van der Waals surface area contributed by atoms with Gasteiger partial charge in [-0.1, -0.05) is 30.0 Å². The molecule has 1 unspecified atom stereocenters. The predicted molar refractivity (Wildman–Crippen MR) is 79.7 cm³/mol. The van der Waals surface area contributed by atoms with E-state index in [0.29, 0.717) is 22.4 Å². The summed E-state index contributed by atoms with van der Waals surface area (Å²) in [5, 5.41) is 20.2. The Balaban J connectivity index is 1.63. The van der Waals surface area contributed by atoms with Crippen LogP contribution in [0.1, 0.15) is 11.7 Å². The second-order valence-corrected chi connectivity index (χ2v) is 6.15. The molecule has 0 bridgehead atoms. The fourth-order valence-electron chi connectivity index (χ4n) is 1.73. The molecule has 0 saturated heterocycles. The van der Waals surface area contributed by atoms with Gasteiger partial charge < -0.3 is 9.52 Å². The average Bonchev–Trinajstić information content (AvgIpc) is 3.15. The average molecular weight is 322 g/mol. The van der Waals surface area contributed by atoms with Crippen LogP contribution in [0.15, 0.2) is 51.4 Å². The molecule has 2 heterocycles. The van der Waals surface area contributed by atoms with Gasteiger partial charge in [-0.05, 0) is 29.1 Å². The normalized spacial score (nSPS) is 12.5. The smallest absolute Gasteiger partial charge is 0.276 e. The number of hydrogen-bond donors (Lipinski definition) is 1. The van der Waals surface area contributed by atoms with Gasteiger partial charge in [0, 0.05) is 5.75 Å². The van der Waals surface area contributed by atoms with Gasteiger partial charge in [-0.25, -0.2) is 4.39 Å². The maximum absolute atomic E-state index is 13.1. The van der Waals surface area contributed by atoms with Crippen LogP contribution in [0.25, 0.3) is 10.8 Å². The fourth-order valence-corrected chi connectivity index (χ4v) is 3.10. The number of benzene rings is 1. The van der Waals surface area contributed by atoms with Crippen LogP contribution in [0.3, 0.4) is 0 Å². The molecule has 108 valence electrons. The Morgan fingerprint density at radius 3 is 2.95 bits per heavy atom. The van der Waals surface area contributed by atoms with Gasteiger partial charge in [-0.2, -0.15) is 0 Å². The molecule has 21 heavy (non-hydrogen) atoms. The summed E-state index contributed by atoms with van der Waals surface area (Å²) in [7, 11) is 0. The highest BCUT2D eigenvalue weighted by Crippen LogP contribution is 2.28. The molecular formula is C14H11FN2O2S2. The fraction of sp³-hybridized carbons (Fsp3) is 0.143. The van der Waals surface area contributed by atoms with Crippen LogP contribution in [0.4, 0.5) is 4.39 Å². The summed E-state index contributed by atoms with van der Waals surface area (Å²) in [5.41, 5.74) is 0.528. The number of halogens is 1. The van der Waals surface area contributed by atoms with Crippen LogP contribution in [-0.4, -0.2) is 21.1 Å². The van der Waals surface area contributed by atoms with Crippen molar-refractivity contribution < 1.29 is 13.9 Å². The number of aromatic nitrogens is 2. The molecule has 3 rings (SSSR count). The summed E-state index contributed by atoms with van der Waals surface area (Å²) in [5.74, 6) is 0.414. The van der Waals surface area contributed by atoms with Gasteiger partial charge in [-0.3, -0.25) is 0 Å². The summed E-state index contributed by atoms with van der Waals surface area (Å²) in [6, 6.07) is 9.71. The Labute approximate surface area is 128 Å². The molecule has 1 atom stereocenters. The Morgan fingerprint density at radius 1 is 1.29 bits per heavy atom. The van der Waals surface area contributed by atoms with Gasteiger partial charge in [0.2, 0.25) is 0 Å². The second kappa shape index (κ2) is 6.38. The second-order valence-electron chi connectivity index (χ2n) is 4.23. The molecule has 0 amide bonds. The van der Waals surface area contributed by atoms with E-state index in [1.807, 2.05) is 17.5 Å². The van der Waals surface area contributed by atoms with Crippen molar-refractivity contribution in [3.63, 3.8) is 0 Å². The number of thiophene rings is 1. The van der Waals surface area contributed by atoms with Crippen molar-refractivity contribution in [2.24, 2.45) is 0 Å². The monoisotopic (exact) mass is 322 g/mol. The van der Waals surface area contributed by atoms with E-state index in [2.05, 4.69) is 10.2 Å². The molecule has 3 aromatic rings. The first kappa shape index (κ1) is 14.2. The lowest BCUT2D eigenvalue weighted by Crippen LogP contribution is -2.00. The lowest BCUT2D eigenvalue weighted by molar-refractivity contribution is 0.203. The Hall–Kier alpha value is -1.70. The number of thioether (sulfide) groups is 1. The largest absolute Gasteiger partial charge is 0.410 e. The summed E-state index contributed by atoms with van der Waals surface area (Å²) < 4.78 is 18.6. The highest BCUT2D eigenvalue weighted by molar-refractivity contribution is 7.99. The quantitative estimate of drug-likeness (QED) is 0.725. The molecule has 0 fully saturated rings. The summed E-state index contributed by atoms with van der Waals surface area (Å²) in [4.78, 5) is 0.903. The Morgan fingerprint density at radius 2 is 2.19 bits per heavy atom. The molecule has 0 aliphatic carbocycles. The number of hydrogen-bond acceptors (Lipinski definition) is 6. The topological polar surface area (TPSA) is 59.2 Å². The summed E-state index contributed by atoms with van der Waals surface area (Å²) >= 11 is 2.75. The first-order chi connectivity index (χ1) is 10.2. The number of aliphatic hydroxyl groups excluding tert-OH is 1. The molecule has 1 N–H and O–H groups in total. The van der Waals surface area contributed by atoms with Gasteiger partial charge in [0.1, 0.15) is 5.82 Å². The third-order valence-corrected chi connectivity index (χ3v) is 4.49. The molecule has 7 heteroatoms. The number of rotatable bonds is 5. The molecule has 0 aliphatic rings. The van der Waals surface area contributed by atoms with E-state index >= 15 is 0 Å². The molecule has 0 radical (unpaired) electrons. The highest BCUT2D eigenvalue weighted by Gasteiger charge is 2.13. The molecule has 2 aromatic heterocycles. The molecule has 0 saturated carbocycles. The van der Waals surface area contributed by atoms with Crippen molar-refractivity contribution in [2.75, 3.05) is 5.75 Å². The van der Waals surface area contributed by atoms with Crippen LogP contribution in [-0.2, 0) is 0 Å². The molecule has 0 spiro atoms. The van der Waals surface area contributed by atoms with Crippen LogP contribution in [0, 0.1) is 5.82 Å². The number of aliphatic hydroxyl groups is 1. The SMILES string of the molecule is OC(CSc1nnc(-c2cccs2)o1)c1cccc(F)c1. The van der Waals surface area contributed by atoms with E-state index in [0.717, 1.165) is 4.88 Å². The van der Waals surface area contributed by atoms with Crippen LogP contribution in [0.2, 0.25) is 0 Å². The van der Waals surface area contributed by atoms with Gasteiger partial charge in [-0.15, -0.1) is 21.5 Å². The van der Waals surface area contributed by atoms with E-state index in [1.54, 1.807) is 12.1 Å². The van der Waals surface area contributed by atoms with E-state index in [4.69, 9.17) is 4.42 Å². The van der Waals surface area contributed by atoms with Gasteiger partial charge in [0.25, 0.3) is 11.1 Å². The van der Waals surface area contributed by atoms with Crippen molar-refractivity contribution in [3.05, 3.63) is 53.2 Å². The summed E-state index contributed by atoms with van der Waals surface area (Å²) in [6.07, 6.45) is -0.789. The van der Waals surface area contributed by atoms with E-state index in [1.165, 1.54) is 35.2 Å². The Kier molecular flexibility index (Phi) is 4.33. The van der Waals surface area contributed by atoms with E-state index in [-0.39, 0.29) is 5.82 Å². The third-order valence-electron chi connectivity index (χ3n) is 2.74. The molecule has 4 nitrogen and oxygen atoms in total. The number of nitrogens with zero attached hydrogens (tertiary/aromatic N) is 2. The van der Waals surface area contributed by atoms with Crippen LogP contribution in [0.5, 0.6) is 0 Å². The minimum absolute atomic E-state index is 0.315. The first-order valence-electron chi connectivity index (χ1n) is 6.16. The first-order valence-corrected chi connectivity index (χ1v) is 8.02.